The van der Waals surface area contributed by atoms with Crippen LogP contribution < -0.4 is 5.32 Å². The molecule has 0 aliphatic carbocycles. The van der Waals surface area contributed by atoms with Gasteiger partial charge in [-0.05, 0) is 24.3 Å². The second-order valence-corrected chi connectivity index (χ2v) is 5.50. The van der Waals surface area contributed by atoms with E-state index < -0.39 is 18.2 Å². The highest BCUT2D eigenvalue weighted by molar-refractivity contribution is 5.91. The van der Waals surface area contributed by atoms with Crippen LogP contribution in [0.5, 0.6) is 0 Å². The Labute approximate surface area is 130 Å². The molecule has 0 aliphatic heterocycles. The summed E-state index contributed by atoms with van der Waals surface area (Å²) >= 11 is 0. The summed E-state index contributed by atoms with van der Waals surface area (Å²) in [5.74, 6) is 0.279. The number of nitrogens with zero attached hydrogens (tertiary/aromatic N) is 1. The van der Waals surface area contributed by atoms with E-state index in [2.05, 4.69) is 5.32 Å². The van der Waals surface area contributed by atoms with Gasteiger partial charge in [-0.25, -0.2) is 14.5 Å². The third-order valence-electron chi connectivity index (χ3n) is 3.18. The molecule has 2 N–H and O–H groups in total. The van der Waals surface area contributed by atoms with E-state index in [0.29, 0.717) is 24.0 Å². The SMILES string of the molecule is CC(C)CCN(C(=O)O)C(=O)NC(C=O)Cc1ccccc1. The molecule has 0 heterocycles. The topological polar surface area (TPSA) is 86.7 Å². The minimum Gasteiger partial charge on any atom is -0.465 e. The van der Waals surface area contributed by atoms with Gasteiger partial charge in [0.05, 0.1) is 6.04 Å². The monoisotopic (exact) mass is 306 g/mol. The predicted octanol–water partition coefficient (Wildman–Crippen LogP) is 2.53. The lowest BCUT2D eigenvalue weighted by Crippen LogP contribution is -2.48. The van der Waals surface area contributed by atoms with Gasteiger partial charge in [0.1, 0.15) is 6.29 Å². The average molecular weight is 306 g/mol. The van der Waals surface area contributed by atoms with Crippen molar-refractivity contribution < 1.29 is 19.5 Å². The Kier molecular flexibility index (Phi) is 7.08. The van der Waals surface area contributed by atoms with Crippen molar-refractivity contribution in [3.63, 3.8) is 0 Å². The predicted molar refractivity (Wildman–Crippen MR) is 82.7 cm³/mol. The minimum atomic E-state index is -1.32. The number of benzene rings is 1. The van der Waals surface area contributed by atoms with Crippen molar-refractivity contribution in [2.24, 2.45) is 5.92 Å². The molecule has 0 radical (unpaired) electrons. The Morgan fingerprint density at radius 1 is 1.27 bits per heavy atom. The number of amides is 3. The second-order valence-electron chi connectivity index (χ2n) is 5.50. The van der Waals surface area contributed by atoms with Gasteiger partial charge < -0.3 is 15.2 Å². The summed E-state index contributed by atoms with van der Waals surface area (Å²) in [6.45, 7) is 4.00. The lowest BCUT2D eigenvalue weighted by Gasteiger charge is -2.21. The van der Waals surface area contributed by atoms with Crippen LogP contribution in [0.15, 0.2) is 30.3 Å². The number of aldehydes is 1. The number of carboxylic acid groups (broad SMARTS) is 1. The molecule has 0 saturated carbocycles. The largest absolute Gasteiger partial charge is 0.465 e. The van der Waals surface area contributed by atoms with Crippen molar-refractivity contribution in [2.45, 2.75) is 32.7 Å². The first-order chi connectivity index (χ1) is 10.4. The zero-order valence-corrected chi connectivity index (χ0v) is 12.9. The standard InChI is InChI=1S/C16H22N2O4/c1-12(2)8-9-18(16(21)22)15(20)17-14(11-19)10-13-6-4-3-5-7-13/h3-7,11-12,14H,8-10H2,1-2H3,(H,17,20)(H,21,22). The van der Waals surface area contributed by atoms with E-state index in [1.165, 1.54) is 0 Å². The van der Waals surface area contributed by atoms with E-state index >= 15 is 0 Å². The summed E-state index contributed by atoms with van der Waals surface area (Å²) in [7, 11) is 0. The fourth-order valence-electron chi connectivity index (χ4n) is 1.91. The molecule has 1 aromatic rings. The molecule has 1 unspecified atom stereocenters. The minimum absolute atomic E-state index is 0.107. The van der Waals surface area contributed by atoms with Crippen molar-refractivity contribution in [1.29, 1.82) is 0 Å². The van der Waals surface area contributed by atoms with Gasteiger partial charge in [-0.2, -0.15) is 0 Å². The molecule has 0 aromatic heterocycles. The van der Waals surface area contributed by atoms with Crippen LogP contribution in [0.3, 0.4) is 0 Å². The second kappa shape index (κ2) is 8.81. The van der Waals surface area contributed by atoms with Crippen LogP contribution >= 0.6 is 0 Å². The van der Waals surface area contributed by atoms with E-state index in [1.807, 2.05) is 44.2 Å². The van der Waals surface area contributed by atoms with Crippen LogP contribution in [-0.2, 0) is 11.2 Å². The Morgan fingerprint density at radius 2 is 1.91 bits per heavy atom. The highest BCUT2D eigenvalue weighted by Gasteiger charge is 2.23. The van der Waals surface area contributed by atoms with Crippen molar-refractivity contribution in [3.05, 3.63) is 35.9 Å². The van der Waals surface area contributed by atoms with E-state index in [0.717, 1.165) is 5.56 Å². The van der Waals surface area contributed by atoms with Crippen LogP contribution in [0, 0.1) is 5.92 Å². The summed E-state index contributed by atoms with van der Waals surface area (Å²) < 4.78 is 0. The van der Waals surface area contributed by atoms with Gasteiger partial charge in [-0.1, -0.05) is 44.2 Å². The molecule has 120 valence electrons. The van der Waals surface area contributed by atoms with Gasteiger partial charge in [0, 0.05) is 6.54 Å². The fourth-order valence-corrected chi connectivity index (χ4v) is 1.91. The number of imide groups is 1. The van der Waals surface area contributed by atoms with Gasteiger partial charge in [0.25, 0.3) is 0 Å². The number of carbonyl (C=O) groups excluding carboxylic acids is 2. The Balaban J connectivity index is 2.65. The molecule has 0 saturated heterocycles. The van der Waals surface area contributed by atoms with Gasteiger partial charge in [0.2, 0.25) is 0 Å². The summed E-state index contributed by atoms with van der Waals surface area (Å²) in [5.41, 5.74) is 0.893. The number of hydrogen-bond donors (Lipinski definition) is 2. The van der Waals surface area contributed by atoms with Crippen molar-refractivity contribution in [3.8, 4) is 0 Å². The van der Waals surface area contributed by atoms with E-state index in [4.69, 9.17) is 5.11 Å². The zero-order valence-electron chi connectivity index (χ0n) is 12.9. The van der Waals surface area contributed by atoms with Crippen LogP contribution in [0.4, 0.5) is 9.59 Å². The maximum absolute atomic E-state index is 12.0. The third-order valence-corrected chi connectivity index (χ3v) is 3.18. The summed E-state index contributed by atoms with van der Waals surface area (Å²) in [6.07, 6.45) is 0.202. The summed E-state index contributed by atoms with van der Waals surface area (Å²) in [6, 6.07) is 7.70. The molecule has 1 atom stereocenters. The molecule has 6 nitrogen and oxygen atoms in total. The molecule has 0 fully saturated rings. The van der Waals surface area contributed by atoms with E-state index in [-0.39, 0.29) is 12.5 Å². The van der Waals surface area contributed by atoms with E-state index in [1.54, 1.807) is 0 Å². The quantitative estimate of drug-likeness (QED) is 0.758. The number of carbonyl (C=O) groups is 3. The molecule has 22 heavy (non-hydrogen) atoms. The first kappa shape index (κ1) is 17.7. The molecule has 1 rings (SSSR count). The summed E-state index contributed by atoms with van der Waals surface area (Å²) in [5, 5.41) is 11.6. The zero-order chi connectivity index (χ0) is 16.5. The van der Waals surface area contributed by atoms with E-state index in [9.17, 15) is 14.4 Å². The van der Waals surface area contributed by atoms with Crippen LogP contribution in [-0.4, -0.2) is 41.0 Å². The smallest absolute Gasteiger partial charge is 0.415 e. The van der Waals surface area contributed by atoms with Gasteiger partial charge in [-0.3, -0.25) is 0 Å². The van der Waals surface area contributed by atoms with Gasteiger partial charge in [0.15, 0.2) is 0 Å². The van der Waals surface area contributed by atoms with Crippen LogP contribution in [0.2, 0.25) is 0 Å². The number of rotatable bonds is 7. The van der Waals surface area contributed by atoms with Gasteiger partial charge >= 0.3 is 12.1 Å². The number of nitrogens with one attached hydrogen (secondary N) is 1. The third kappa shape index (κ3) is 5.95. The molecule has 0 aliphatic rings. The molecule has 3 amide bonds. The number of hydrogen-bond acceptors (Lipinski definition) is 3. The Morgan fingerprint density at radius 3 is 2.41 bits per heavy atom. The maximum atomic E-state index is 12.0. The summed E-state index contributed by atoms with van der Waals surface area (Å²) in [4.78, 5) is 35.0. The molecule has 1 aromatic carbocycles. The molecule has 0 bridgehead atoms. The molecule has 6 heteroatoms. The average Bonchev–Trinajstić information content (AvgIpc) is 2.47. The Hall–Kier alpha value is -2.37. The van der Waals surface area contributed by atoms with Crippen LogP contribution in [0.1, 0.15) is 25.8 Å². The normalized spacial score (nSPS) is 11.8. The van der Waals surface area contributed by atoms with Crippen molar-refractivity contribution >= 4 is 18.4 Å². The fraction of sp³-hybridized carbons (Fsp3) is 0.438. The highest BCUT2D eigenvalue weighted by atomic mass is 16.4. The molecular weight excluding hydrogens is 284 g/mol. The first-order valence-electron chi connectivity index (χ1n) is 7.24. The van der Waals surface area contributed by atoms with Gasteiger partial charge in [-0.15, -0.1) is 0 Å². The maximum Gasteiger partial charge on any atom is 0.415 e. The lowest BCUT2D eigenvalue weighted by molar-refractivity contribution is -0.109. The molecule has 0 spiro atoms. The van der Waals surface area contributed by atoms with Crippen LogP contribution in [0.25, 0.3) is 0 Å². The lowest BCUT2D eigenvalue weighted by atomic mass is 10.1. The Bertz CT molecular complexity index is 502. The highest BCUT2D eigenvalue weighted by Crippen LogP contribution is 2.05. The molecular formula is C16H22N2O4. The first-order valence-corrected chi connectivity index (χ1v) is 7.24. The number of urea groups is 1. The van der Waals surface area contributed by atoms with Crippen molar-refractivity contribution in [1.82, 2.24) is 10.2 Å². The van der Waals surface area contributed by atoms with Crippen molar-refractivity contribution in [2.75, 3.05) is 6.54 Å².